The molecule has 1 aromatic carbocycles. The minimum atomic E-state index is -0.765. The largest absolute Gasteiger partial charge is 0.468 e. The number of benzene rings is 1. The third-order valence-electron chi connectivity index (χ3n) is 3.32. The Morgan fingerprint density at radius 1 is 1.21 bits per heavy atom. The van der Waals surface area contributed by atoms with Crippen molar-refractivity contribution in [2.45, 2.75) is 40.0 Å². The Bertz CT molecular complexity index is 495. The van der Waals surface area contributed by atoms with Crippen molar-refractivity contribution in [3.05, 3.63) is 34.9 Å². The molecule has 0 saturated heterocycles. The monoisotopic (exact) mass is 262 g/mol. The Morgan fingerprint density at radius 2 is 1.79 bits per heavy atom. The fraction of sp³-hybridized carbons (Fsp3) is 0.500. The van der Waals surface area contributed by atoms with Gasteiger partial charge in [-0.3, -0.25) is 9.59 Å². The number of aryl methyl sites for hydroxylation is 1. The molecule has 0 aromatic heterocycles. The van der Waals surface area contributed by atoms with Crippen LogP contribution in [0.15, 0.2) is 18.2 Å². The zero-order valence-corrected chi connectivity index (χ0v) is 12.5. The van der Waals surface area contributed by atoms with Crippen molar-refractivity contribution in [1.29, 1.82) is 0 Å². The average Bonchev–Trinajstić information content (AvgIpc) is 2.35. The fourth-order valence-electron chi connectivity index (χ4n) is 1.87. The van der Waals surface area contributed by atoms with Crippen LogP contribution in [0.3, 0.4) is 0 Å². The zero-order chi connectivity index (χ0) is 14.8. The number of Topliss-reactive ketones (excluding diaryl/α,β-unsaturated/α-hetero) is 1. The first-order chi connectivity index (χ1) is 8.68. The molecule has 1 rings (SSSR count). The van der Waals surface area contributed by atoms with Crippen molar-refractivity contribution in [2.24, 2.45) is 5.92 Å². The van der Waals surface area contributed by atoms with Gasteiger partial charge in [-0.1, -0.05) is 32.9 Å². The number of hydrogen-bond acceptors (Lipinski definition) is 3. The number of hydrogen-bond donors (Lipinski definition) is 0. The molecule has 1 aromatic rings. The summed E-state index contributed by atoms with van der Waals surface area (Å²) >= 11 is 0. The van der Waals surface area contributed by atoms with E-state index in [4.69, 9.17) is 0 Å². The zero-order valence-electron chi connectivity index (χ0n) is 12.5. The highest BCUT2D eigenvalue weighted by molar-refractivity contribution is 6.09. The molecule has 0 heterocycles. The third kappa shape index (κ3) is 3.43. The first kappa shape index (κ1) is 15.4. The summed E-state index contributed by atoms with van der Waals surface area (Å²) in [5, 5.41) is 0. The van der Waals surface area contributed by atoms with Crippen LogP contribution >= 0.6 is 0 Å². The summed E-state index contributed by atoms with van der Waals surface area (Å²) in [7, 11) is 1.30. The maximum Gasteiger partial charge on any atom is 0.316 e. The normalized spacial score (nSPS) is 12.9. The van der Waals surface area contributed by atoms with E-state index in [2.05, 4.69) is 25.5 Å². The van der Waals surface area contributed by atoms with E-state index in [9.17, 15) is 9.59 Å². The Morgan fingerprint density at radius 3 is 2.26 bits per heavy atom. The van der Waals surface area contributed by atoms with Crippen LogP contribution in [0.5, 0.6) is 0 Å². The summed E-state index contributed by atoms with van der Waals surface area (Å²) in [6.07, 6.45) is 0. The minimum Gasteiger partial charge on any atom is -0.468 e. The van der Waals surface area contributed by atoms with E-state index in [0.717, 1.165) is 11.1 Å². The van der Waals surface area contributed by atoms with Crippen LogP contribution in [0.4, 0.5) is 0 Å². The number of ether oxygens (including phenoxy) is 1. The molecule has 0 aliphatic rings. The van der Waals surface area contributed by atoms with Gasteiger partial charge in [0.15, 0.2) is 5.78 Å². The van der Waals surface area contributed by atoms with Gasteiger partial charge in [-0.25, -0.2) is 0 Å². The van der Waals surface area contributed by atoms with Crippen molar-refractivity contribution in [3.63, 3.8) is 0 Å². The fourth-order valence-corrected chi connectivity index (χ4v) is 1.87. The van der Waals surface area contributed by atoms with Crippen molar-refractivity contribution in [2.75, 3.05) is 7.11 Å². The van der Waals surface area contributed by atoms with Crippen LogP contribution in [0.1, 0.15) is 49.2 Å². The molecule has 0 radical (unpaired) electrons. The number of ketones is 1. The third-order valence-corrected chi connectivity index (χ3v) is 3.32. The standard InChI is InChI=1S/C16H22O3/c1-10-7-8-12(16(3,4)5)9-13(10)14(17)11(2)15(18)19-6/h7-9,11H,1-6H3. The smallest absolute Gasteiger partial charge is 0.316 e. The van der Waals surface area contributed by atoms with Crippen molar-refractivity contribution in [1.82, 2.24) is 0 Å². The lowest BCUT2D eigenvalue weighted by Crippen LogP contribution is -2.23. The molecule has 0 aliphatic heterocycles. The molecule has 0 N–H and O–H groups in total. The van der Waals surface area contributed by atoms with Gasteiger partial charge in [-0.05, 0) is 36.5 Å². The maximum atomic E-state index is 12.3. The quantitative estimate of drug-likeness (QED) is 0.477. The van der Waals surface area contributed by atoms with Crippen LogP contribution in [-0.2, 0) is 14.9 Å². The lowest BCUT2D eigenvalue weighted by atomic mass is 9.83. The van der Waals surface area contributed by atoms with Gasteiger partial charge >= 0.3 is 5.97 Å². The summed E-state index contributed by atoms with van der Waals surface area (Å²) in [4.78, 5) is 23.8. The van der Waals surface area contributed by atoms with Crippen LogP contribution in [0.2, 0.25) is 0 Å². The molecule has 1 atom stereocenters. The Balaban J connectivity index is 3.20. The Kier molecular flexibility index (Phi) is 4.51. The second kappa shape index (κ2) is 5.55. The van der Waals surface area contributed by atoms with Gasteiger partial charge in [0.05, 0.1) is 7.11 Å². The molecular formula is C16H22O3. The second-order valence-corrected chi connectivity index (χ2v) is 5.89. The van der Waals surface area contributed by atoms with Crippen LogP contribution in [0.25, 0.3) is 0 Å². The van der Waals surface area contributed by atoms with Crippen molar-refractivity contribution < 1.29 is 14.3 Å². The molecule has 0 saturated carbocycles. The molecule has 0 fully saturated rings. The lowest BCUT2D eigenvalue weighted by Gasteiger charge is -2.21. The maximum absolute atomic E-state index is 12.3. The highest BCUT2D eigenvalue weighted by atomic mass is 16.5. The number of methoxy groups -OCH3 is 1. The van der Waals surface area contributed by atoms with E-state index in [-0.39, 0.29) is 11.2 Å². The van der Waals surface area contributed by atoms with Gasteiger partial charge < -0.3 is 4.74 Å². The molecule has 3 heteroatoms. The van der Waals surface area contributed by atoms with Gasteiger partial charge in [0.1, 0.15) is 5.92 Å². The van der Waals surface area contributed by atoms with Gasteiger partial charge in [-0.2, -0.15) is 0 Å². The lowest BCUT2D eigenvalue weighted by molar-refractivity contribution is -0.143. The summed E-state index contributed by atoms with van der Waals surface area (Å²) in [5.41, 5.74) is 2.54. The molecule has 0 aliphatic carbocycles. The molecule has 3 nitrogen and oxygen atoms in total. The highest BCUT2D eigenvalue weighted by Crippen LogP contribution is 2.25. The molecule has 19 heavy (non-hydrogen) atoms. The molecule has 1 unspecified atom stereocenters. The van der Waals surface area contributed by atoms with Gasteiger partial charge in [0, 0.05) is 5.56 Å². The van der Waals surface area contributed by atoms with Crippen molar-refractivity contribution >= 4 is 11.8 Å². The molecule has 0 spiro atoms. The molecular weight excluding hydrogens is 240 g/mol. The van der Waals surface area contributed by atoms with Crippen molar-refractivity contribution in [3.8, 4) is 0 Å². The first-order valence-electron chi connectivity index (χ1n) is 6.41. The first-order valence-corrected chi connectivity index (χ1v) is 6.41. The Labute approximate surface area is 115 Å². The Hall–Kier alpha value is -1.64. The van der Waals surface area contributed by atoms with E-state index in [1.807, 2.05) is 25.1 Å². The summed E-state index contributed by atoms with van der Waals surface area (Å²) in [6.45, 7) is 9.74. The summed E-state index contributed by atoms with van der Waals surface area (Å²) < 4.78 is 4.63. The van der Waals surface area contributed by atoms with Crippen LogP contribution in [-0.4, -0.2) is 18.9 Å². The summed E-state index contributed by atoms with van der Waals surface area (Å²) in [5.74, 6) is -1.44. The van der Waals surface area contributed by atoms with Crippen LogP contribution < -0.4 is 0 Å². The predicted octanol–water partition coefficient (Wildman–Crippen LogP) is 3.28. The molecule has 104 valence electrons. The van der Waals surface area contributed by atoms with E-state index < -0.39 is 11.9 Å². The van der Waals surface area contributed by atoms with Gasteiger partial charge in [-0.15, -0.1) is 0 Å². The number of carbonyl (C=O) groups is 2. The number of rotatable bonds is 3. The summed E-state index contributed by atoms with van der Waals surface area (Å²) in [6, 6.07) is 5.84. The number of esters is 1. The van der Waals surface area contributed by atoms with Gasteiger partial charge in [0.2, 0.25) is 0 Å². The SMILES string of the molecule is COC(=O)C(C)C(=O)c1cc(C(C)(C)C)ccc1C. The second-order valence-electron chi connectivity index (χ2n) is 5.89. The topological polar surface area (TPSA) is 43.4 Å². The minimum absolute atomic E-state index is 0.0305. The van der Waals surface area contributed by atoms with Crippen LogP contribution in [0, 0.1) is 12.8 Å². The van der Waals surface area contributed by atoms with E-state index in [1.54, 1.807) is 6.92 Å². The average molecular weight is 262 g/mol. The van der Waals surface area contributed by atoms with E-state index in [0.29, 0.717) is 5.56 Å². The molecule has 0 amide bonds. The molecule has 0 bridgehead atoms. The predicted molar refractivity (Wildman–Crippen MR) is 75.4 cm³/mol. The van der Waals surface area contributed by atoms with E-state index >= 15 is 0 Å². The highest BCUT2D eigenvalue weighted by Gasteiger charge is 2.26. The number of carbonyl (C=O) groups excluding carboxylic acids is 2. The van der Waals surface area contributed by atoms with E-state index in [1.165, 1.54) is 7.11 Å². The van der Waals surface area contributed by atoms with Gasteiger partial charge in [0.25, 0.3) is 0 Å².